The molecule has 0 saturated carbocycles. The number of carbonyl (C=O) groups excluding carboxylic acids is 2. The van der Waals surface area contributed by atoms with Crippen molar-refractivity contribution in [3.05, 3.63) is 64.7 Å². The third-order valence-electron chi connectivity index (χ3n) is 8.86. The van der Waals surface area contributed by atoms with Crippen molar-refractivity contribution in [1.29, 1.82) is 0 Å². The zero-order valence-corrected chi connectivity index (χ0v) is 24.5. The van der Waals surface area contributed by atoms with Crippen LogP contribution in [0.1, 0.15) is 60.5 Å². The first-order valence-corrected chi connectivity index (χ1v) is 14.1. The SMILES string of the molecule is COc1ccccc1[C@H]1[C@@H]2CC(CCO)(CCO)C(=O)N2CCN1C(=O)N(C)[C@H](C)c1cc(C(F)(F)F)cc(C(F)(F)F)c1. The second-order valence-electron chi connectivity index (χ2n) is 11.3. The molecule has 2 aliphatic heterocycles. The first-order valence-electron chi connectivity index (χ1n) is 14.1. The molecule has 2 aromatic carbocycles. The number of aliphatic hydroxyl groups is 2. The Hall–Kier alpha value is -3.52. The second kappa shape index (κ2) is 12.5. The van der Waals surface area contributed by atoms with Gasteiger partial charge in [-0.1, -0.05) is 18.2 Å². The van der Waals surface area contributed by atoms with Gasteiger partial charge in [0.05, 0.1) is 41.8 Å². The Kier molecular flexibility index (Phi) is 9.46. The number of methoxy groups -OCH3 is 1. The number of hydrogen-bond donors (Lipinski definition) is 2. The van der Waals surface area contributed by atoms with Gasteiger partial charge in [0.25, 0.3) is 0 Å². The minimum atomic E-state index is -5.05. The number of nitrogens with zero attached hydrogens (tertiary/aromatic N) is 3. The molecule has 14 heteroatoms. The fraction of sp³-hybridized carbons (Fsp3) is 0.533. The summed E-state index contributed by atoms with van der Waals surface area (Å²) in [6.07, 6.45) is -9.70. The number of aliphatic hydroxyl groups excluding tert-OH is 2. The summed E-state index contributed by atoms with van der Waals surface area (Å²) in [6.45, 7) is 0.848. The van der Waals surface area contributed by atoms with Crippen molar-refractivity contribution in [3.63, 3.8) is 0 Å². The summed E-state index contributed by atoms with van der Waals surface area (Å²) in [6, 6.07) is 4.80. The third-order valence-corrected chi connectivity index (χ3v) is 8.86. The van der Waals surface area contributed by atoms with Crippen molar-refractivity contribution in [2.24, 2.45) is 5.41 Å². The maximum atomic E-state index is 14.1. The number of benzene rings is 2. The Morgan fingerprint density at radius 2 is 1.59 bits per heavy atom. The Morgan fingerprint density at radius 3 is 2.11 bits per heavy atom. The number of urea groups is 1. The van der Waals surface area contributed by atoms with Crippen LogP contribution in [0.25, 0.3) is 0 Å². The maximum Gasteiger partial charge on any atom is 0.416 e. The van der Waals surface area contributed by atoms with Crippen LogP contribution in [-0.4, -0.2) is 83.4 Å². The van der Waals surface area contributed by atoms with E-state index in [1.54, 1.807) is 29.2 Å². The van der Waals surface area contributed by atoms with Gasteiger partial charge in [0.1, 0.15) is 5.75 Å². The van der Waals surface area contributed by atoms with Crippen molar-refractivity contribution < 1.29 is 50.9 Å². The summed E-state index contributed by atoms with van der Waals surface area (Å²) < 4.78 is 86.9. The van der Waals surface area contributed by atoms with Crippen molar-refractivity contribution >= 4 is 11.9 Å². The average Bonchev–Trinajstić information content (AvgIpc) is 3.25. The van der Waals surface area contributed by atoms with Crippen LogP contribution in [0.5, 0.6) is 5.75 Å². The molecule has 0 unspecified atom stereocenters. The van der Waals surface area contributed by atoms with Gasteiger partial charge >= 0.3 is 18.4 Å². The van der Waals surface area contributed by atoms with Crippen LogP contribution in [0.3, 0.4) is 0 Å². The first-order chi connectivity index (χ1) is 20.6. The number of halogens is 6. The van der Waals surface area contributed by atoms with Gasteiger partial charge < -0.3 is 29.6 Å². The molecule has 2 saturated heterocycles. The Morgan fingerprint density at radius 1 is 1.02 bits per heavy atom. The van der Waals surface area contributed by atoms with E-state index in [4.69, 9.17) is 4.74 Å². The van der Waals surface area contributed by atoms with Crippen molar-refractivity contribution in [3.8, 4) is 5.75 Å². The molecular weight excluding hydrogens is 596 g/mol. The minimum Gasteiger partial charge on any atom is -0.496 e. The van der Waals surface area contributed by atoms with E-state index in [1.807, 2.05) is 0 Å². The van der Waals surface area contributed by atoms with Gasteiger partial charge in [-0.2, -0.15) is 26.3 Å². The molecule has 2 aromatic rings. The maximum absolute atomic E-state index is 14.1. The number of para-hydroxylation sites is 1. The van der Waals surface area contributed by atoms with Crippen LogP contribution >= 0.6 is 0 Å². The van der Waals surface area contributed by atoms with E-state index in [9.17, 15) is 46.1 Å². The Labute approximate surface area is 250 Å². The predicted octanol–water partition coefficient (Wildman–Crippen LogP) is 5.25. The highest BCUT2D eigenvalue weighted by Crippen LogP contribution is 2.50. The number of hydrogen-bond acceptors (Lipinski definition) is 5. The van der Waals surface area contributed by atoms with Gasteiger partial charge in [0.15, 0.2) is 0 Å². The lowest BCUT2D eigenvalue weighted by molar-refractivity contribution is -0.143. The fourth-order valence-corrected chi connectivity index (χ4v) is 6.45. The molecule has 2 aliphatic rings. The molecule has 0 radical (unpaired) electrons. The quantitative estimate of drug-likeness (QED) is 0.388. The third kappa shape index (κ3) is 6.19. The Bertz CT molecular complexity index is 1330. The molecule has 8 nitrogen and oxygen atoms in total. The highest BCUT2D eigenvalue weighted by atomic mass is 19.4. The number of amides is 3. The zero-order valence-electron chi connectivity index (χ0n) is 24.5. The molecule has 3 atom stereocenters. The van der Waals surface area contributed by atoms with E-state index >= 15 is 0 Å². The summed E-state index contributed by atoms with van der Waals surface area (Å²) in [5.41, 5.74) is -3.84. The predicted molar refractivity (Wildman–Crippen MR) is 146 cm³/mol. The summed E-state index contributed by atoms with van der Waals surface area (Å²) >= 11 is 0. The van der Waals surface area contributed by atoms with Gasteiger partial charge in [0, 0.05) is 38.9 Å². The lowest BCUT2D eigenvalue weighted by atomic mass is 9.77. The highest BCUT2D eigenvalue weighted by Gasteiger charge is 2.56. The molecule has 2 heterocycles. The molecular formula is C30H35F6N3O5. The summed E-state index contributed by atoms with van der Waals surface area (Å²) in [5, 5.41) is 19.5. The number of ether oxygens (including phenoxy) is 1. The molecule has 2 N–H and O–H groups in total. The topological polar surface area (TPSA) is 93.5 Å². The van der Waals surface area contributed by atoms with Gasteiger partial charge in [-0.3, -0.25) is 4.79 Å². The van der Waals surface area contributed by atoms with E-state index < -0.39 is 53.1 Å². The lowest BCUT2D eigenvalue weighted by Crippen LogP contribution is -2.57. The average molecular weight is 632 g/mol. The molecule has 4 rings (SSSR count). The second-order valence-corrected chi connectivity index (χ2v) is 11.3. The number of piperazine rings is 1. The van der Waals surface area contributed by atoms with E-state index in [0.29, 0.717) is 23.4 Å². The summed E-state index contributed by atoms with van der Waals surface area (Å²) in [7, 11) is 2.74. The molecule has 0 aliphatic carbocycles. The molecule has 0 bridgehead atoms. The van der Waals surface area contributed by atoms with Crippen molar-refractivity contribution in [1.82, 2.24) is 14.7 Å². The van der Waals surface area contributed by atoms with Crippen LogP contribution < -0.4 is 4.74 Å². The lowest BCUT2D eigenvalue weighted by Gasteiger charge is -2.46. The molecule has 0 aromatic heterocycles. The molecule has 2 fully saturated rings. The van der Waals surface area contributed by atoms with Gasteiger partial charge in [-0.05, 0) is 56.0 Å². The number of alkyl halides is 6. The Balaban J connectivity index is 1.76. The van der Waals surface area contributed by atoms with E-state index in [-0.39, 0.29) is 63.1 Å². The van der Waals surface area contributed by atoms with Crippen molar-refractivity contribution in [2.75, 3.05) is 40.5 Å². The number of carbonyl (C=O) groups is 2. The van der Waals surface area contributed by atoms with Gasteiger partial charge in [-0.25, -0.2) is 4.79 Å². The monoisotopic (exact) mass is 631 g/mol. The van der Waals surface area contributed by atoms with Crippen molar-refractivity contribution in [2.45, 2.75) is 56.7 Å². The minimum absolute atomic E-state index is 0.00553. The van der Waals surface area contributed by atoms with Crippen LogP contribution in [0, 0.1) is 5.41 Å². The largest absolute Gasteiger partial charge is 0.496 e. The van der Waals surface area contributed by atoms with E-state index in [2.05, 4.69) is 0 Å². The van der Waals surface area contributed by atoms with Crippen LogP contribution in [-0.2, 0) is 17.1 Å². The number of fused-ring (bicyclic) bond motifs is 1. The standard InChI is InChI=1S/C30H35F6N3O5/c1-18(19-14-20(29(31,32)33)16-21(15-19)30(34,35)36)37(2)27(43)39-11-10-38-23(17-28(8-12-40,9-13-41)26(38)42)25(39)22-6-4-5-7-24(22)44-3/h4-7,14-16,18,23,25,40-41H,8-13,17H2,1-3H3/t18-,23+,25+/m1/s1. The number of rotatable bonds is 8. The highest BCUT2D eigenvalue weighted by molar-refractivity contribution is 5.86. The van der Waals surface area contributed by atoms with Crippen LogP contribution in [0.4, 0.5) is 31.1 Å². The molecule has 242 valence electrons. The van der Waals surface area contributed by atoms with E-state index in [1.165, 1.54) is 26.0 Å². The van der Waals surface area contributed by atoms with Gasteiger partial charge in [0.2, 0.25) is 5.91 Å². The smallest absolute Gasteiger partial charge is 0.416 e. The molecule has 0 spiro atoms. The first kappa shape index (κ1) is 33.4. The fourth-order valence-electron chi connectivity index (χ4n) is 6.45. The van der Waals surface area contributed by atoms with Crippen LogP contribution in [0.15, 0.2) is 42.5 Å². The van der Waals surface area contributed by atoms with Gasteiger partial charge in [-0.15, -0.1) is 0 Å². The summed E-state index contributed by atoms with van der Waals surface area (Å²) in [5.74, 6) is 0.151. The summed E-state index contributed by atoms with van der Waals surface area (Å²) in [4.78, 5) is 32.0. The molecule has 3 amide bonds. The van der Waals surface area contributed by atoms with Crippen LogP contribution in [0.2, 0.25) is 0 Å². The normalized spacial score (nSPS) is 20.8. The van der Waals surface area contributed by atoms with E-state index in [0.717, 1.165) is 4.90 Å². The molecule has 44 heavy (non-hydrogen) atoms. The zero-order chi connectivity index (χ0) is 32.6.